The average Bonchev–Trinajstić information content (AvgIpc) is 2.85. The monoisotopic (exact) mass is 344 g/mol. The fourth-order valence-corrected chi connectivity index (χ4v) is 3.24. The van der Waals surface area contributed by atoms with Crippen LogP contribution in [0.3, 0.4) is 0 Å². The summed E-state index contributed by atoms with van der Waals surface area (Å²) in [5.74, 6) is 0. The van der Waals surface area contributed by atoms with Crippen molar-refractivity contribution in [1.82, 2.24) is 10.3 Å². The fraction of sp³-hybridized carbons (Fsp3) is 0.308. The van der Waals surface area contributed by atoms with Gasteiger partial charge in [0.05, 0.1) is 6.04 Å². The molecule has 1 aromatic carbocycles. The van der Waals surface area contributed by atoms with E-state index in [1.807, 2.05) is 29.8 Å². The van der Waals surface area contributed by atoms with Gasteiger partial charge in [-0.1, -0.05) is 40.5 Å². The molecule has 0 aliphatic heterocycles. The molecule has 2 nitrogen and oxygen atoms in total. The molecule has 1 heterocycles. The van der Waals surface area contributed by atoms with Gasteiger partial charge in [-0.2, -0.15) is 0 Å². The largest absolute Gasteiger partial charge is 0.304 e. The molecule has 1 unspecified atom stereocenters. The Bertz CT molecular complexity index is 502. The predicted octanol–water partition coefficient (Wildman–Crippen LogP) is 4.65. The minimum Gasteiger partial charge on any atom is -0.304 e. The molecule has 1 N–H and O–H groups in total. The van der Waals surface area contributed by atoms with Gasteiger partial charge < -0.3 is 5.32 Å². The molecule has 5 heteroatoms. The van der Waals surface area contributed by atoms with Crippen LogP contribution in [0.5, 0.6) is 0 Å². The SMILES string of the molecule is CCCNC(c1nccs1)c1ccc(Br)cc1Cl. The van der Waals surface area contributed by atoms with Crippen LogP contribution in [0.15, 0.2) is 34.2 Å². The smallest absolute Gasteiger partial charge is 0.114 e. The summed E-state index contributed by atoms with van der Waals surface area (Å²) in [5, 5.41) is 7.29. The number of nitrogens with one attached hydrogen (secondary N) is 1. The average molecular weight is 346 g/mol. The lowest BCUT2D eigenvalue weighted by Crippen LogP contribution is -2.23. The van der Waals surface area contributed by atoms with Crippen LogP contribution in [-0.2, 0) is 0 Å². The molecule has 0 radical (unpaired) electrons. The topological polar surface area (TPSA) is 24.9 Å². The highest BCUT2D eigenvalue weighted by atomic mass is 79.9. The molecular formula is C13H14BrClN2S. The molecule has 1 atom stereocenters. The lowest BCUT2D eigenvalue weighted by Gasteiger charge is -2.18. The van der Waals surface area contributed by atoms with Crippen LogP contribution >= 0.6 is 38.9 Å². The van der Waals surface area contributed by atoms with Crippen LogP contribution in [0.25, 0.3) is 0 Å². The van der Waals surface area contributed by atoms with Crippen molar-refractivity contribution in [2.75, 3.05) is 6.54 Å². The van der Waals surface area contributed by atoms with E-state index in [2.05, 4.69) is 33.2 Å². The summed E-state index contributed by atoms with van der Waals surface area (Å²) >= 11 is 11.4. The highest BCUT2D eigenvalue weighted by molar-refractivity contribution is 9.10. The van der Waals surface area contributed by atoms with Crippen LogP contribution in [0.4, 0.5) is 0 Å². The van der Waals surface area contributed by atoms with Crippen LogP contribution in [0, 0.1) is 0 Å². The minimum absolute atomic E-state index is 0.0746. The second-order valence-electron chi connectivity index (χ2n) is 3.92. The number of hydrogen-bond acceptors (Lipinski definition) is 3. The van der Waals surface area contributed by atoms with Gasteiger partial charge in [0.1, 0.15) is 5.01 Å². The van der Waals surface area contributed by atoms with E-state index in [9.17, 15) is 0 Å². The Labute approximate surface area is 125 Å². The molecule has 18 heavy (non-hydrogen) atoms. The molecule has 96 valence electrons. The number of halogens is 2. The van der Waals surface area contributed by atoms with Crippen LogP contribution in [0.1, 0.15) is 30.0 Å². The minimum atomic E-state index is 0.0746. The summed E-state index contributed by atoms with van der Waals surface area (Å²) in [6, 6.07) is 6.05. The number of hydrogen-bond donors (Lipinski definition) is 1. The molecule has 0 saturated heterocycles. The molecule has 0 aliphatic carbocycles. The summed E-state index contributed by atoms with van der Waals surface area (Å²) in [6.45, 7) is 3.09. The lowest BCUT2D eigenvalue weighted by molar-refractivity contribution is 0.596. The van der Waals surface area contributed by atoms with Gasteiger partial charge >= 0.3 is 0 Å². The number of rotatable bonds is 5. The zero-order valence-electron chi connectivity index (χ0n) is 9.99. The zero-order chi connectivity index (χ0) is 13.0. The van der Waals surface area contributed by atoms with Crippen LogP contribution in [-0.4, -0.2) is 11.5 Å². The highest BCUT2D eigenvalue weighted by Crippen LogP contribution is 2.31. The van der Waals surface area contributed by atoms with E-state index in [0.717, 1.165) is 33.0 Å². The van der Waals surface area contributed by atoms with Crippen molar-refractivity contribution in [3.8, 4) is 0 Å². The van der Waals surface area contributed by atoms with E-state index in [1.54, 1.807) is 11.3 Å². The van der Waals surface area contributed by atoms with Crippen molar-refractivity contribution in [2.45, 2.75) is 19.4 Å². The van der Waals surface area contributed by atoms with Gasteiger partial charge in [-0.05, 0) is 30.7 Å². The first kappa shape index (κ1) is 14.0. The summed E-state index contributed by atoms with van der Waals surface area (Å²) in [4.78, 5) is 4.40. The molecular weight excluding hydrogens is 332 g/mol. The fourth-order valence-electron chi connectivity index (χ4n) is 1.73. The maximum Gasteiger partial charge on any atom is 0.114 e. The van der Waals surface area contributed by atoms with E-state index in [1.165, 1.54) is 0 Å². The van der Waals surface area contributed by atoms with Gasteiger partial charge in [-0.25, -0.2) is 4.98 Å². The van der Waals surface area contributed by atoms with E-state index in [0.29, 0.717) is 0 Å². The Hall–Kier alpha value is -0.420. The maximum atomic E-state index is 6.33. The molecule has 2 rings (SSSR count). The van der Waals surface area contributed by atoms with Gasteiger partial charge in [0.15, 0.2) is 0 Å². The second-order valence-corrected chi connectivity index (χ2v) is 6.17. The van der Waals surface area contributed by atoms with Gasteiger partial charge in [-0.3, -0.25) is 0 Å². The molecule has 0 aliphatic rings. The van der Waals surface area contributed by atoms with E-state index >= 15 is 0 Å². The van der Waals surface area contributed by atoms with Crippen LogP contribution in [0.2, 0.25) is 5.02 Å². The Morgan fingerprint density at radius 3 is 2.94 bits per heavy atom. The Morgan fingerprint density at radius 2 is 2.33 bits per heavy atom. The van der Waals surface area contributed by atoms with Crippen molar-refractivity contribution >= 4 is 38.9 Å². The van der Waals surface area contributed by atoms with Gasteiger partial charge in [0, 0.05) is 21.1 Å². The molecule has 0 fully saturated rings. The molecule has 0 amide bonds. The Kier molecular flexibility index (Phi) is 5.18. The highest BCUT2D eigenvalue weighted by Gasteiger charge is 2.18. The quantitative estimate of drug-likeness (QED) is 0.853. The third kappa shape index (κ3) is 3.32. The summed E-state index contributed by atoms with van der Waals surface area (Å²) < 4.78 is 0.990. The molecule has 0 saturated carbocycles. The summed E-state index contributed by atoms with van der Waals surface area (Å²) in [7, 11) is 0. The van der Waals surface area contributed by atoms with E-state index < -0.39 is 0 Å². The van der Waals surface area contributed by atoms with Crippen molar-refractivity contribution in [1.29, 1.82) is 0 Å². The van der Waals surface area contributed by atoms with Gasteiger partial charge in [0.2, 0.25) is 0 Å². The first-order valence-corrected chi connectivity index (χ1v) is 7.85. The molecule has 0 bridgehead atoms. The van der Waals surface area contributed by atoms with Gasteiger partial charge in [-0.15, -0.1) is 11.3 Å². The van der Waals surface area contributed by atoms with Gasteiger partial charge in [0.25, 0.3) is 0 Å². The van der Waals surface area contributed by atoms with E-state index in [-0.39, 0.29) is 6.04 Å². The second kappa shape index (κ2) is 6.66. The molecule has 2 aromatic rings. The third-order valence-electron chi connectivity index (χ3n) is 2.57. The maximum absolute atomic E-state index is 6.33. The standard InChI is InChI=1S/C13H14BrClN2S/c1-2-5-16-12(13-17-6-7-18-13)10-4-3-9(14)8-11(10)15/h3-4,6-8,12,16H,2,5H2,1H3. The summed E-state index contributed by atoms with van der Waals surface area (Å²) in [6.07, 6.45) is 2.91. The number of thiazole rings is 1. The lowest BCUT2D eigenvalue weighted by atomic mass is 10.1. The Morgan fingerprint density at radius 1 is 1.50 bits per heavy atom. The van der Waals surface area contributed by atoms with Crippen molar-refractivity contribution in [3.63, 3.8) is 0 Å². The first-order chi connectivity index (χ1) is 8.72. The predicted molar refractivity (Wildman–Crippen MR) is 81.4 cm³/mol. The summed E-state index contributed by atoms with van der Waals surface area (Å²) in [5.41, 5.74) is 1.07. The number of nitrogens with zero attached hydrogens (tertiary/aromatic N) is 1. The normalized spacial score (nSPS) is 12.6. The Balaban J connectivity index is 2.33. The number of aromatic nitrogens is 1. The van der Waals surface area contributed by atoms with Crippen LogP contribution < -0.4 is 5.32 Å². The third-order valence-corrected chi connectivity index (χ3v) is 4.23. The zero-order valence-corrected chi connectivity index (χ0v) is 13.1. The van der Waals surface area contributed by atoms with E-state index in [4.69, 9.17) is 11.6 Å². The van der Waals surface area contributed by atoms with Crippen molar-refractivity contribution < 1.29 is 0 Å². The molecule has 0 spiro atoms. The van der Waals surface area contributed by atoms with Crippen molar-refractivity contribution in [3.05, 3.63) is 49.8 Å². The first-order valence-electron chi connectivity index (χ1n) is 5.80. The number of benzene rings is 1. The van der Waals surface area contributed by atoms with Crippen molar-refractivity contribution in [2.24, 2.45) is 0 Å². The molecule has 1 aromatic heterocycles.